The monoisotopic (exact) mass is 729 g/mol. The number of pyridine rings is 3. The number of rotatable bonds is 0. The van der Waals surface area contributed by atoms with Gasteiger partial charge in [-0.1, -0.05) is 36.4 Å². The van der Waals surface area contributed by atoms with Gasteiger partial charge in [0, 0.05) is 52.6 Å². The molecular formula is C33H24F9N3O6. The largest absolute Gasteiger partial charge is 0.542 e. The average Bonchev–Trinajstić information content (AvgIpc) is 3.08. The zero-order valence-electron chi connectivity index (χ0n) is 25.5. The first-order valence-electron chi connectivity index (χ1n) is 13.6. The van der Waals surface area contributed by atoms with E-state index in [1.165, 1.54) is 32.7 Å². The Labute approximate surface area is 281 Å². The molecular weight excluding hydrogens is 705 g/mol. The van der Waals surface area contributed by atoms with E-state index in [0.717, 1.165) is 0 Å². The van der Waals surface area contributed by atoms with E-state index in [0.29, 0.717) is 0 Å². The van der Waals surface area contributed by atoms with Crippen molar-refractivity contribution in [2.45, 2.75) is 18.5 Å². The van der Waals surface area contributed by atoms with Crippen molar-refractivity contribution < 1.29 is 84.2 Å². The van der Waals surface area contributed by atoms with Crippen molar-refractivity contribution in [3.05, 3.63) is 128 Å². The maximum Gasteiger partial charge on any atom is 0.430 e. The van der Waals surface area contributed by atoms with E-state index in [9.17, 15) is 39.5 Å². The van der Waals surface area contributed by atoms with E-state index in [4.69, 9.17) is 29.7 Å². The van der Waals surface area contributed by atoms with Crippen LogP contribution in [-0.2, 0) is 14.4 Å². The number of nitrogens with one attached hydrogen (secondary N) is 3. The molecule has 0 unspecified atom stereocenters. The number of aliphatic carboxylic acids is 3. The molecule has 6 aromatic rings. The number of benzene rings is 3. The minimum Gasteiger partial charge on any atom is -0.542 e. The van der Waals surface area contributed by atoms with Gasteiger partial charge in [-0.25, -0.2) is 15.0 Å². The number of aromatic amines is 3. The highest BCUT2D eigenvalue weighted by molar-refractivity contribution is 5.76. The van der Waals surface area contributed by atoms with Gasteiger partial charge in [0.05, 0.1) is 0 Å². The van der Waals surface area contributed by atoms with Crippen molar-refractivity contribution in [2.24, 2.45) is 0 Å². The average molecular weight is 730 g/mol. The maximum absolute atomic E-state index is 10.5. The van der Waals surface area contributed by atoms with Gasteiger partial charge in [-0.05, 0) is 36.4 Å². The molecule has 3 heterocycles. The van der Waals surface area contributed by atoms with E-state index < -0.39 is 36.4 Å². The SMILES string of the molecule is O=C([O-])C(F)(F)F.O=C([O-])C(F)(F)F.O=C([O-])C(F)(F)F.c1ccc2[nH+]cccc2c1.c1ccc2[nH+]cccc2c1.c1ccc2[nH+]cccc2c1. The van der Waals surface area contributed by atoms with Gasteiger partial charge in [0.15, 0.2) is 18.6 Å². The minimum absolute atomic E-state index is 1.19. The van der Waals surface area contributed by atoms with Crippen molar-refractivity contribution >= 4 is 50.6 Å². The van der Waals surface area contributed by atoms with Crippen molar-refractivity contribution in [3.63, 3.8) is 0 Å². The Morgan fingerprint density at radius 3 is 0.725 bits per heavy atom. The van der Waals surface area contributed by atoms with Crippen molar-refractivity contribution in [1.82, 2.24) is 0 Å². The molecule has 0 fully saturated rings. The first-order valence-corrected chi connectivity index (χ1v) is 13.6. The van der Waals surface area contributed by atoms with Crippen LogP contribution >= 0.6 is 0 Å². The van der Waals surface area contributed by atoms with Gasteiger partial charge >= 0.3 is 18.5 Å². The summed E-state index contributed by atoms with van der Waals surface area (Å²) in [6, 6.07) is 36.9. The first kappa shape index (κ1) is 42.7. The predicted molar refractivity (Wildman–Crippen MR) is 155 cm³/mol. The summed E-state index contributed by atoms with van der Waals surface area (Å²) in [5, 5.41) is 30.1. The Hall–Kier alpha value is -6.33. The number of hydrogen-bond donors (Lipinski definition) is 0. The van der Waals surface area contributed by atoms with Gasteiger partial charge in [0.25, 0.3) is 0 Å². The quantitative estimate of drug-likeness (QED) is 0.219. The highest BCUT2D eigenvalue weighted by Crippen LogP contribution is 2.13. The number of carbonyl (C=O) groups excluding carboxylic acids is 3. The number of alkyl halides is 9. The summed E-state index contributed by atoms with van der Waals surface area (Å²) in [6.45, 7) is 0. The van der Waals surface area contributed by atoms with Gasteiger partial charge in [-0.15, -0.1) is 0 Å². The van der Waals surface area contributed by atoms with Crippen LogP contribution in [0.2, 0.25) is 0 Å². The molecule has 0 radical (unpaired) electrons. The number of hydrogen-bond acceptors (Lipinski definition) is 6. The fourth-order valence-corrected chi connectivity index (χ4v) is 3.19. The Morgan fingerprint density at radius 1 is 0.373 bits per heavy atom. The number of carbonyl (C=O) groups is 3. The zero-order chi connectivity index (χ0) is 38.7. The third-order valence-electron chi connectivity index (χ3n) is 5.41. The molecule has 0 atom stereocenters. The Balaban J connectivity index is 0.000000310. The summed E-state index contributed by atoms with van der Waals surface area (Å²) in [5.41, 5.74) is 3.56. The lowest BCUT2D eigenvalue weighted by atomic mass is 10.2. The van der Waals surface area contributed by atoms with Crippen LogP contribution in [0.4, 0.5) is 39.5 Å². The molecule has 270 valence electrons. The lowest BCUT2D eigenvalue weighted by Crippen LogP contribution is -2.37. The number of halogens is 9. The van der Waals surface area contributed by atoms with E-state index in [1.807, 2.05) is 73.2 Å². The molecule has 0 aliphatic carbocycles. The molecule has 6 rings (SSSR count). The smallest absolute Gasteiger partial charge is 0.430 e. The van der Waals surface area contributed by atoms with Crippen molar-refractivity contribution in [3.8, 4) is 0 Å². The third-order valence-corrected chi connectivity index (χ3v) is 5.41. The van der Waals surface area contributed by atoms with Crippen molar-refractivity contribution in [2.75, 3.05) is 0 Å². The van der Waals surface area contributed by atoms with Crippen LogP contribution in [0, 0.1) is 0 Å². The standard InChI is InChI=1S/3C9H7N.3C2HF3O2/c3*1-2-6-9-8(4-1)5-3-7-10-9;3*3-2(4,5)1(6)7/h3*1-7H;3*(H,6,7). The second kappa shape index (κ2) is 20.2. The van der Waals surface area contributed by atoms with Gasteiger partial charge in [-0.3, -0.25) is 0 Å². The molecule has 18 heteroatoms. The van der Waals surface area contributed by atoms with Crippen LogP contribution in [-0.4, -0.2) is 36.4 Å². The minimum atomic E-state index is -5.19. The van der Waals surface area contributed by atoms with Crippen LogP contribution in [0.25, 0.3) is 32.7 Å². The lowest BCUT2D eigenvalue weighted by Gasteiger charge is -2.03. The first-order chi connectivity index (χ1) is 23.7. The second-order valence-corrected chi connectivity index (χ2v) is 9.13. The highest BCUT2D eigenvalue weighted by Gasteiger charge is 2.30. The van der Waals surface area contributed by atoms with Crippen LogP contribution in [0.15, 0.2) is 128 Å². The molecule has 0 saturated carbocycles. The maximum atomic E-state index is 10.5. The van der Waals surface area contributed by atoms with E-state index in [2.05, 4.69) is 69.5 Å². The number of carboxylic acid groups (broad SMARTS) is 3. The molecule has 9 nitrogen and oxygen atoms in total. The molecule has 0 spiro atoms. The van der Waals surface area contributed by atoms with Gasteiger partial charge in [0.2, 0.25) is 16.6 Å². The van der Waals surface area contributed by atoms with Crippen molar-refractivity contribution in [1.29, 1.82) is 0 Å². The number of carboxylic acids is 3. The normalized spacial score (nSPS) is 10.5. The molecule has 3 N–H and O–H groups in total. The van der Waals surface area contributed by atoms with Crippen LogP contribution in [0.3, 0.4) is 0 Å². The third kappa shape index (κ3) is 17.6. The molecule has 51 heavy (non-hydrogen) atoms. The highest BCUT2D eigenvalue weighted by atomic mass is 19.4. The summed E-state index contributed by atoms with van der Waals surface area (Å²) in [5.74, 6) is -9.02. The number of aromatic nitrogens is 3. The summed E-state index contributed by atoms with van der Waals surface area (Å²) < 4.78 is 94.6. The van der Waals surface area contributed by atoms with E-state index in [1.54, 1.807) is 0 Å². The van der Waals surface area contributed by atoms with Crippen LogP contribution in [0.1, 0.15) is 0 Å². The summed E-state index contributed by atoms with van der Waals surface area (Å²) in [4.78, 5) is 35.8. The Bertz CT molecular complexity index is 1560. The number of H-pyrrole nitrogens is 3. The summed E-state index contributed by atoms with van der Waals surface area (Å²) >= 11 is 0. The molecule has 0 bridgehead atoms. The van der Waals surface area contributed by atoms with Crippen LogP contribution < -0.4 is 30.3 Å². The van der Waals surface area contributed by atoms with Gasteiger partial charge in [-0.2, -0.15) is 39.5 Å². The topological polar surface area (TPSA) is 163 Å². The fourth-order valence-electron chi connectivity index (χ4n) is 3.19. The van der Waals surface area contributed by atoms with Gasteiger partial charge < -0.3 is 29.7 Å². The molecule has 3 aromatic carbocycles. The van der Waals surface area contributed by atoms with Crippen LogP contribution in [0.5, 0.6) is 0 Å². The molecule has 0 saturated heterocycles. The van der Waals surface area contributed by atoms with Gasteiger partial charge in [0.1, 0.15) is 17.9 Å². The number of para-hydroxylation sites is 3. The lowest BCUT2D eigenvalue weighted by molar-refractivity contribution is -0.345. The second-order valence-electron chi connectivity index (χ2n) is 9.13. The summed E-state index contributed by atoms with van der Waals surface area (Å²) in [7, 11) is 0. The molecule has 0 amide bonds. The zero-order valence-corrected chi connectivity index (χ0v) is 25.5. The molecule has 0 aliphatic rings. The van der Waals surface area contributed by atoms with E-state index >= 15 is 0 Å². The predicted octanol–water partition coefficient (Wildman–Crippen LogP) is 2.86. The number of fused-ring (bicyclic) bond motifs is 3. The Morgan fingerprint density at radius 2 is 0.549 bits per heavy atom. The Kier molecular flexibility index (Phi) is 16.9. The molecule has 3 aromatic heterocycles. The fraction of sp³-hybridized carbons (Fsp3) is 0.0909. The summed E-state index contributed by atoms with van der Waals surface area (Å²) in [6.07, 6.45) is -9.78. The molecule has 0 aliphatic heterocycles. The van der Waals surface area contributed by atoms with E-state index in [-0.39, 0.29) is 0 Å².